The molecule has 14 nitrogen and oxygen atoms in total. The first-order chi connectivity index (χ1) is 17.5. The Balaban J connectivity index is -0.0000000531. The Morgan fingerprint density at radius 2 is 0.857 bits per heavy atom. The summed E-state index contributed by atoms with van der Waals surface area (Å²) in [4.78, 5) is 3.90. The van der Waals surface area contributed by atoms with Crippen LogP contribution in [0.3, 0.4) is 0 Å². The lowest BCUT2D eigenvalue weighted by Crippen LogP contribution is -2.38. The summed E-state index contributed by atoms with van der Waals surface area (Å²) in [5.41, 5.74) is 0. The molecule has 0 aliphatic heterocycles. The van der Waals surface area contributed by atoms with Gasteiger partial charge < -0.3 is 61.6 Å². The van der Waals surface area contributed by atoms with Crippen molar-refractivity contribution in [3.8, 4) is 0 Å². The van der Waals surface area contributed by atoms with Gasteiger partial charge in [-0.1, -0.05) is 55.4 Å². The van der Waals surface area contributed by atoms with Crippen LogP contribution in [0.15, 0.2) is 0 Å². The lowest BCUT2D eigenvalue weighted by Gasteiger charge is -2.24. The van der Waals surface area contributed by atoms with Gasteiger partial charge in [0.05, 0.1) is 38.6 Å². The minimum Gasteiger partial charge on any atom is -0.412 e. The Bertz CT molecular complexity index is 403. The van der Waals surface area contributed by atoms with Gasteiger partial charge in [-0.3, -0.25) is 9.80 Å². The highest BCUT2D eigenvalue weighted by atomic mass is 16.8. The van der Waals surface area contributed by atoms with Gasteiger partial charge in [0, 0.05) is 60.4 Å². The van der Waals surface area contributed by atoms with E-state index >= 15 is 0 Å². The molecule has 42 heavy (non-hydrogen) atoms. The van der Waals surface area contributed by atoms with Crippen LogP contribution in [0.2, 0.25) is 0 Å². The van der Waals surface area contributed by atoms with Crippen LogP contribution in [0, 0.1) is 11.8 Å². The average molecular weight is 633 g/mol. The second kappa shape index (κ2) is 47.4. The Labute approximate surface area is 257 Å². The first-order valence-corrected chi connectivity index (χ1v) is 14.0. The van der Waals surface area contributed by atoms with Crippen LogP contribution in [0.5, 0.6) is 0 Å². The third kappa shape index (κ3) is 90.0. The highest BCUT2D eigenvalue weighted by Gasteiger charge is 2.16. The van der Waals surface area contributed by atoms with E-state index < -0.39 is 12.1 Å². The van der Waals surface area contributed by atoms with Gasteiger partial charge in [0.1, 0.15) is 0 Å². The molecule has 0 saturated heterocycles. The number of methoxy groups -OCH3 is 2. The van der Waals surface area contributed by atoms with Crippen molar-refractivity contribution < 1.29 is 61.6 Å². The van der Waals surface area contributed by atoms with Crippen LogP contribution < -0.4 is 0 Å². The minimum absolute atomic E-state index is 0. The smallest absolute Gasteiger partial charge is 0.274 e. The molecule has 0 amide bonds. The quantitative estimate of drug-likeness (QED) is 0.134. The summed E-state index contributed by atoms with van der Waals surface area (Å²) in [5, 5.41) is 44.9. The molecule has 0 aromatic carbocycles. The number of rotatable bonds is 16. The predicted molar refractivity (Wildman–Crippen MR) is 173 cm³/mol. The number of nitrogens with zero attached hydrogens (tertiary/aromatic N) is 2. The third-order valence-corrected chi connectivity index (χ3v) is 3.47. The van der Waals surface area contributed by atoms with E-state index in [0.29, 0.717) is 45.9 Å². The lowest BCUT2D eigenvalue weighted by atomic mass is 10.3. The van der Waals surface area contributed by atoms with E-state index in [2.05, 4.69) is 41.5 Å². The zero-order chi connectivity index (χ0) is 31.2. The maximum atomic E-state index is 9.26. The minimum atomic E-state index is -2.10. The Kier molecular flexibility index (Phi) is 72.6. The molecule has 0 aromatic heterocycles. The summed E-state index contributed by atoms with van der Waals surface area (Å²) in [5.74, 6) is -0.433. The van der Waals surface area contributed by atoms with Crippen LogP contribution in [0.1, 0.15) is 76.2 Å². The van der Waals surface area contributed by atoms with Crippen LogP contribution in [0.4, 0.5) is 0 Å². The molecular formula is C28H76N2O12. The number of aliphatic hydroxyl groups is 5. The van der Waals surface area contributed by atoms with Gasteiger partial charge in [0.25, 0.3) is 5.97 Å². The van der Waals surface area contributed by atoms with Gasteiger partial charge in [0.2, 0.25) is 0 Å². The lowest BCUT2D eigenvalue weighted by molar-refractivity contribution is -0.325. The SMILES string of the molecule is CC.CC(C)C.CC(C)C.COCCN(CCO)CC(C)O.COCCN(CCOC(C)(O)O)CC(C)O.O.O.O.O. The Morgan fingerprint density at radius 3 is 1.07 bits per heavy atom. The summed E-state index contributed by atoms with van der Waals surface area (Å²) >= 11 is 0. The summed E-state index contributed by atoms with van der Waals surface area (Å²) < 4.78 is 14.6. The van der Waals surface area contributed by atoms with E-state index in [0.717, 1.165) is 25.3 Å². The molecule has 0 heterocycles. The fourth-order valence-corrected chi connectivity index (χ4v) is 2.29. The number of ether oxygens (including phenoxy) is 3. The summed E-state index contributed by atoms with van der Waals surface area (Å²) in [6.07, 6.45) is -0.792. The fourth-order valence-electron chi connectivity index (χ4n) is 2.29. The summed E-state index contributed by atoms with van der Waals surface area (Å²) in [6, 6.07) is 0. The van der Waals surface area contributed by atoms with E-state index in [4.69, 9.17) is 34.6 Å². The fraction of sp³-hybridized carbons (Fsp3) is 1.00. The van der Waals surface area contributed by atoms with Gasteiger partial charge in [-0.05, 0) is 25.7 Å². The maximum absolute atomic E-state index is 9.26. The van der Waals surface area contributed by atoms with Crippen molar-refractivity contribution in [3.05, 3.63) is 0 Å². The molecule has 13 N–H and O–H groups in total. The third-order valence-electron chi connectivity index (χ3n) is 3.47. The highest BCUT2D eigenvalue weighted by Crippen LogP contribution is 2.00. The normalized spacial score (nSPS) is 11.3. The number of hydrogen-bond donors (Lipinski definition) is 5. The Hall–Kier alpha value is -0.560. The van der Waals surface area contributed by atoms with Crippen molar-refractivity contribution in [2.45, 2.75) is 94.3 Å². The van der Waals surface area contributed by atoms with Gasteiger partial charge in [-0.15, -0.1) is 0 Å². The second-order valence-corrected chi connectivity index (χ2v) is 10.3. The molecule has 0 rings (SSSR count). The van der Waals surface area contributed by atoms with Crippen molar-refractivity contribution in [1.82, 2.24) is 9.80 Å². The van der Waals surface area contributed by atoms with Crippen molar-refractivity contribution in [3.63, 3.8) is 0 Å². The molecule has 0 aromatic rings. The average Bonchev–Trinajstić information content (AvgIpc) is 2.75. The number of hydrogen-bond acceptors (Lipinski definition) is 10. The molecule has 2 unspecified atom stereocenters. The van der Waals surface area contributed by atoms with E-state index in [-0.39, 0.29) is 41.2 Å². The van der Waals surface area contributed by atoms with Gasteiger partial charge >= 0.3 is 0 Å². The molecule has 0 saturated carbocycles. The molecule has 0 aliphatic carbocycles. The van der Waals surface area contributed by atoms with Gasteiger partial charge in [-0.25, -0.2) is 0 Å². The van der Waals surface area contributed by atoms with Crippen LogP contribution in [-0.2, 0) is 14.2 Å². The van der Waals surface area contributed by atoms with Crippen molar-refractivity contribution >= 4 is 0 Å². The Morgan fingerprint density at radius 1 is 0.595 bits per heavy atom. The second-order valence-electron chi connectivity index (χ2n) is 10.3. The van der Waals surface area contributed by atoms with E-state index in [1.54, 1.807) is 28.1 Å². The van der Waals surface area contributed by atoms with Gasteiger partial charge in [0.15, 0.2) is 0 Å². The first-order valence-electron chi connectivity index (χ1n) is 14.0. The van der Waals surface area contributed by atoms with Crippen LogP contribution in [-0.4, -0.2) is 155 Å². The molecule has 0 bridgehead atoms. The molecule has 0 spiro atoms. The van der Waals surface area contributed by atoms with Crippen LogP contribution >= 0.6 is 0 Å². The topological polar surface area (TPSA) is 261 Å². The maximum Gasteiger partial charge on any atom is 0.274 e. The molecule has 270 valence electrons. The zero-order valence-electron chi connectivity index (χ0n) is 29.2. The standard InChI is InChI=1S/C10H23NO5.C8H19NO3.2C4H10.C2H6.4H2O/c1-9(12)8-11(4-6-15-3)5-7-16-10(2,13)14;1-8(11)7-9(3-5-10)4-6-12-2;2*1-4(2)3;1-2;;;;/h9,12-14H,4-8H2,1-3H3;8,10-11H,3-7H2,1-2H3;2*4H,1-3H3;1-2H3;4*1H2. The van der Waals surface area contributed by atoms with Crippen molar-refractivity contribution in [2.24, 2.45) is 11.8 Å². The first kappa shape index (κ1) is 64.4. The summed E-state index contributed by atoms with van der Waals surface area (Å²) in [6.45, 7) is 26.7. The van der Waals surface area contributed by atoms with E-state index in [9.17, 15) is 5.11 Å². The largest absolute Gasteiger partial charge is 0.412 e. The molecule has 0 fully saturated rings. The van der Waals surface area contributed by atoms with Crippen LogP contribution in [0.25, 0.3) is 0 Å². The van der Waals surface area contributed by atoms with Crippen molar-refractivity contribution in [2.75, 3.05) is 79.9 Å². The molecular weight excluding hydrogens is 556 g/mol. The zero-order valence-corrected chi connectivity index (χ0v) is 29.2. The molecule has 0 aliphatic rings. The summed E-state index contributed by atoms with van der Waals surface area (Å²) in [7, 11) is 3.25. The van der Waals surface area contributed by atoms with Gasteiger partial charge in [-0.2, -0.15) is 0 Å². The highest BCUT2D eigenvalue weighted by molar-refractivity contribution is 4.61. The molecule has 0 radical (unpaired) electrons. The monoisotopic (exact) mass is 633 g/mol. The molecule has 14 heteroatoms. The van der Waals surface area contributed by atoms with E-state index in [1.807, 2.05) is 23.6 Å². The molecule has 2 atom stereocenters. The van der Waals surface area contributed by atoms with E-state index in [1.165, 1.54) is 0 Å². The predicted octanol–water partition coefficient (Wildman–Crippen LogP) is -0.650. The van der Waals surface area contributed by atoms with Crippen molar-refractivity contribution in [1.29, 1.82) is 0 Å². The number of aliphatic hydroxyl groups excluding tert-OH is 3.